The Hall–Kier alpha value is -1.84. The highest BCUT2D eigenvalue weighted by Crippen LogP contribution is 2.21. The van der Waals surface area contributed by atoms with Gasteiger partial charge < -0.3 is 19.5 Å². The molecule has 1 amide bonds. The van der Waals surface area contributed by atoms with Gasteiger partial charge in [-0.1, -0.05) is 0 Å². The van der Waals surface area contributed by atoms with Gasteiger partial charge >= 0.3 is 11.9 Å². The zero-order chi connectivity index (χ0) is 16.0. The van der Waals surface area contributed by atoms with Gasteiger partial charge in [-0.05, 0) is 40.8 Å². The number of hydrogen-bond acceptors (Lipinski definition) is 6. The maximum Gasteiger partial charge on any atom is 0.325 e. The Morgan fingerprint density at radius 3 is 2.14 bits per heavy atom. The number of esters is 2. The molecule has 0 aliphatic heterocycles. The lowest BCUT2D eigenvalue weighted by atomic mass is 10.1. The summed E-state index contributed by atoms with van der Waals surface area (Å²) in [5.74, 6) is -2.27. The number of rotatable bonds is 5. The van der Waals surface area contributed by atoms with E-state index in [0.717, 1.165) is 8.47 Å². The molecule has 1 aromatic rings. The van der Waals surface area contributed by atoms with Crippen molar-refractivity contribution in [2.75, 3.05) is 27.3 Å². The topological polar surface area (TPSA) is 93.1 Å². The molecule has 0 spiro atoms. The normalized spacial score (nSPS) is 9.86. The lowest BCUT2D eigenvalue weighted by Crippen LogP contribution is -2.40. The average molecular weight is 407 g/mol. The summed E-state index contributed by atoms with van der Waals surface area (Å²) in [4.78, 5) is 36.0. The minimum absolute atomic E-state index is 0.00490. The zero-order valence-electron chi connectivity index (χ0n) is 11.5. The fourth-order valence-electron chi connectivity index (χ4n) is 1.49. The Kier molecular flexibility index (Phi) is 6.40. The third-order valence-corrected chi connectivity index (χ3v) is 3.24. The second-order valence-electron chi connectivity index (χ2n) is 3.97. The SMILES string of the molecule is COC(=O)CN(CC(=O)OC)C(=O)c1cc(I)ccc1O. The summed E-state index contributed by atoms with van der Waals surface area (Å²) in [7, 11) is 2.35. The molecule has 21 heavy (non-hydrogen) atoms. The highest BCUT2D eigenvalue weighted by atomic mass is 127. The molecule has 7 nitrogen and oxygen atoms in total. The number of phenols is 1. The molecule has 0 aliphatic carbocycles. The maximum absolute atomic E-state index is 12.4. The highest BCUT2D eigenvalue weighted by Gasteiger charge is 2.24. The Balaban J connectivity index is 3.05. The number of carbonyl (C=O) groups is 3. The summed E-state index contributed by atoms with van der Waals surface area (Å²) in [6, 6.07) is 4.45. The van der Waals surface area contributed by atoms with Crippen LogP contribution in [-0.2, 0) is 19.1 Å². The quantitative estimate of drug-likeness (QED) is 0.573. The van der Waals surface area contributed by atoms with E-state index in [0.29, 0.717) is 0 Å². The van der Waals surface area contributed by atoms with Crippen LogP contribution >= 0.6 is 22.6 Å². The first-order valence-corrected chi connectivity index (χ1v) is 6.88. The van der Waals surface area contributed by atoms with Gasteiger partial charge in [0.1, 0.15) is 18.8 Å². The summed E-state index contributed by atoms with van der Waals surface area (Å²) >= 11 is 1.98. The maximum atomic E-state index is 12.4. The van der Waals surface area contributed by atoms with Crippen LogP contribution in [0.2, 0.25) is 0 Å². The second-order valence-corrected chi connectivity index (χ2v) is 5.22. The summed E-state index contributed by atoms with van der Waals surface area (Å²) in [5, 5.41) is 9.75. The third-order valence-electron chi connectivity index (χ3n) is 2.57. The molecule has 0 bridgehead atoms. The minimum Gasteiger partial charge on any atom is -0.507 e. The smallest absolute Gasteiger partial charge is 0.325 e. The summed E-state index contributed by atoms with van der Waals surface area (Å²) in [5.41, 5.74) is -0.00490. The van der Waals surface area contributed by atoms with E-state index >= 15 is 0 Å². The second kappa shape index (κ2) is 7.81. The fraction of sp³-hybridized carbons (Fsp3) is 0.308. The van der Waals surface area contributed by atoms with E-state index < -0.39 is 30.9 Å². The van der Waals surface area contributed by atoms with Gasteiger partial charge in [-0.2, -0.15) is 0 Å². The van der Waals surface area contributed by atoms with Crippen molar-refractivity contribution in [1.82, 2.24) is 4.90 Å². The molecular weight excluding hydrogens is 393 g/mol. The van der Waals surface area contributed by atoms with Crippen molar-refractivity contribution < 1.29 is 29.0 Å². The summed E-state index contributed by atoms with van der Waals surface area (Å²) in [6.07, 6.45) is 0. The molecule has 1 N–H and O–H groups in total. The molecular formula is C13H14INO6. The molecule has 0 unspecified atom stereocenters. The molecule has 0 radical (unpaired) electrons. The van der Waals surface area contributed by atoms with Gasteiger partial charge in [-0.3, -0.25) is 14.4 Å². The number of ether oxygens (including phenoxy) is 2. The van der Waals surface area contributed by atoms with Gasteiger partial charge in [-0.25, -0.2) is 0 Å². The van der Waals surface area contributed by atoms with Crippen LogP contribution in [0, 0.1) is 3.57 Å². The predicted octanol–water partition coefficient (Wildman–Crippen LogP) is 0.785. The van der Waals surface area contributed by atoms with Crippen molar-refractivity contribution in [2.45, 2.75) is 0 Å². The first kappa shape index (κ1) is 17.2. The van der Waals surface area contributed by atoms with Gasteiger partial charge in [0.2, 0.25) is 0 Å². The van der Waals surface area contributed by atoms with Crippen molar-refractivity contribution in [3.05, 3.63) is 27.3 Å². The molecule has 0 atom stereocenters. The average Bonchev–Trinajstić information content (AvgIpc) is 2.47. The molecule has 0 saturated carbocycles. The summed E-state index contributed by atoms with van der Waals surface area (Å²) in [6.45, 7) is -0.843. The van der Waals surface area contributed by atoms with E-state index in [4.69, 9.17) is 0 Å². The molecule has 0 aliphatic rings. The number of phenolic OH excluding ortho intramolecular Hbond substituents is 1. The molecule has 0 aromatic heterocycles. The van der Waals surface area contributed by atoms with Crippen molar-refractivity contribution in [1.29, 1.82) is 0 Å². The Morgan fingerprint density at radius 1 is 1.14 bits per heavy atom. The van der Waals surface area contributed by atoms with Crippen molar-refractivity contribution >= 4 is 40.4 Å². The van der Waals surface area contributed by atoms with Crippen LogP contribution in [0.1, 0.15) is 10.4 Å². The minimum atomic E-state index is -0.683. The Labute approximate surface area is 135 Å². The molecule has 1 rings (SSSR count). The number of halogens is 1. The van der Waals surface area contributed by atoms with Crippen LogP contribution in [0.4, 0.5) is 0 Å². The van der Waals surface area contributed by atoms with Crippen molar-refractivity contribution in [2.24, 2.45) is 0 Å². The molecule has 1 aromatic carbocycles. The van der Waals surface area contributed by atoms with Crippen LogP contribution < -0.4 is 0 Å². The van der Waals surface area contributed by atoms with Crippen LogP contribution in [0.15, 0.2) is 18.2 Å². The number of methoxy groups -OCH3 is 2. The van der Waals surface area contributed by atoms with Crippen LogP contribution in [-0.4, -0.2) is 55.2 Å². The first-order valence-electron chi connectivity index (χ1n) is 5.80. The third kappa shape index (κ3) is 4.88. The standard InChI is InChI=1S/C13H14INO6/c1-20-11(17)6-15(7-12(18)21-2)13(19)9-5-8(14)3-4-10(9)16/h3-5,16H,6-7H2,1-2H3. The first-order chi connectivity index (χ1) is 9.88. The number of amides is 1. The lowest BCUT2D eigenvalue weighted by Gasteiger charge is -2.20. The molecule has 8 heteroatoms. The number of benzene rings is 1. The Morgan fingerprint density at radius 2 is 1.67 bits per heavy atom. The number of nitrogens with zero attached hydrogens (tertiary/aromatic N) is 1. The molecule has 0 fully saturated rings. The number of hydrogen-bond donors (Lipinski definition) is 1. The van der Waals surface area contributed by atoms with E-state index in [2.05, 4.69) is 9.47 Å². The van der Waals surface area contributed by atoms with E-state index in [9.17, 15) is 19.5 Å². The summed E-state index contributed by atoms with van der Waals surface area (Å²) < 4.78 is 9.70. The van der Waals surface area contributed by atoms with Gasteiger partial charge in [-0.15, -0.1) is 0 Å². The van der Waals surface area contributed by atoms with Gasteiger partial charge in [0.25, 0.3) is 5.91 Å². The van der Waals surface area contributed by atoms with E-state index in [1.165, 1.54) is 26.4 Å². The van der Waals surface area contributed by atoms with Gasteiger partial charge in [0.05, 0.1) is 19.8 Å². The van der Waals surface area contributed by atoms with Crippen LogP contribution in [0.5, 0.6) is 5.75 Å². The number of carbonyl (C=O) groups excluding carboxylic acids is 3. The highest BCUT2D eigenvalue weighted by molar-refractivity contribution is 14.1. The zero-order valence-corrected chi connectivity index (χ0v) is 13.6. The van der Waals surface area contributed by atoms with Crippen molar-refractivity contribution in [3.8, 4) is 5.75 Å². The largest absolute Gasteiger partial charge is 0.507 e. The van der Waals surface area contributed by atoms with Crippen molar-refractivity contribution in [3.63, 3.8) is 0 Å². The monoisotopic (exact) mass is 407 g/mol. The van der Waals surface area contributed by atoms with Gasteiger partial charge in [0, 0.05) is 3.57 Å². The van der Waals surface area contributed by atoms with Crippen LogP contribution in [0.25, 0.3) is 0 Å². The van der Waals surface area contributed by atoms with E-state index in [1.807, 2.05) is 22.6 Å². The number of aromatic hydroxyl groups is 1. The molecule has 0 saturated heterocycles. The van der Waals surface area contributed by atoms with E-state index in [-0.39, 0.29) is 11.3 Å². The Bertz CT molecular complexity index is 542. The molecule has 114 valence electrons. The van der Waals surface area contributed by atoms with Gasteiger partial charge in [0.15, 0.2) is 0 Å². The lowest BCUT2D eigenvalue weighted by molar-refractivity contribution is -0.144. The van der Waals surface area contributed by atoms with E-state index in [1.54, 1.807) is 6.07 Å². The predicted molar refractivity (Wildman–Crippen MR) is 80.8 cm³/mol. The van der Waals surface area contributed by atoms with Crippen LogP contribution in [0.3, 0.4) is 0 Å². The molecule has 0 heterocycles. The fourth-order valence-corrected chi connectivity index (χ4v) is 1.98.